The van der Waals surface area contributed by atoms with Gasteiger partial charge in [-0.05, 0) is 25.0 Å². The first kappa shape index (κ1) is 10.1. The number of unbranched alkanes of at least 4 members (excludes halogenated alkanes) is 1. The molecule has 0 spiro atoms. The van der Waals surface area contributed by atoms with Crippen molar-refractivity contribution < 1.29 is 9.50 Å². The molecule has 1 heterocycles. The van der Waals surface area contributed by atoms with E-state index in [2.05, 4.69) is 9.97 Å². The first-order valence-electron chi connectivity index (χ1n) is 5.05. The molecule has 3 nitrogen and oxygen atoms in total. The van der Waals surface area contributed by atoms with Crippen LogP contribution in [0.5, 0.6) is 0 Å². The number of aromatic amines is 1. The minimum Gasteiger partial charge on any atom is -0.396 e. The molecule has 0 saturated carbocycles. The molecule has 0 unspecified atom stereocenters. The maximum Gasteiger partial charge on any atom is 0.151 e. The summed E-state index contributed by atoms with van der Waals surface area (Å²) in [6.07, 6.45) is 2.35. The molecule has 0 aliphatic rings. The standard InChI is InChI=1S/C11H13FN2O/c12-8-4-3-5-9-11(8)14-10(13-9)6-1-2-7-15/h3-5,15H,1-2,6-7H2,(H,13,14). The van der Waals surface area contributed by atoms with Gasteiger partial charge in [0.25, 0.3) is 0 Å². The number of H-pyrrole nitrogens is 1. The third kappa shape index (κ3) is 2.15. The number of hydrogen-bond donors (Lipinski definition) is 2. The molecule has 80 valence electrons. The van der Waals surface area contributed by atoms with Gasteiger partial charge in [0, 0.05) is 13.0 Å². The van der Waals surface area contributed by atoms with E-state index in [0.29, 0.717) is 5.52 Å². The third-order valence-electron chi connectivity index (χ3n) is 2.33. The SMILES string of the molecule is OCCCCc1nc2c(F)cccc2[nH]1. The lowest BCUT2D eigenvalue weighted by atomic mass is 10.2. The van der Waals surface area contributed by atoms with Gasteiger partial charge in [-0.3, -0.25) is 0 Å². The number of aliphatic hydroxyl groups excluding tert-OH is 1. The van der Waals surface area contributed by atoms with E-state index in [4.69, 9.17) is 5.11 Å². The summed E-state index contributed by atoms with van der Waals surface area (Å²) in [4.78, 5) is 7.23. The molecule has 15 heavy (non-hydrogen) atoms. The lowest BCUT2D eigenvalue weighted by Crippen LogP contribution is -1.90. The predicted molar refractivity (Wildman–Crippen MR) is 56.1 cm³/mol. The fraction of sp³-hybridized carbons (Fsp3) is 0.364. The molecule has 2 rings (SSSR count). The Kier molecular flexibility index (Phi) is 2.97. The summed E-state index contributed by atoms with van der Waals surface area (Å²) in [5, 5.41) is 8.64. The van der Waals surface area contributed by atoms with E-state index in [1.807, 2.05) is 0 Å². The van der Waals surface area contributed by atoms with Gasteiger partial charge in [0.15, 0.2) is 5.82 Å². The van der Waals surface area contributed by atoms with Crippen molar-refractivity contribution in [1.82, 2.24) is 9.97 Å². The van der Waals surface area contributed by atoms with Crippen molar-refractivity contribution in [3.05, 3.63) is 29.8 Å². The van der Waals surface area contributed by atoms with Crippen molar-refractivity contribution >= 4 is 11.0 Å². The van der Waals surface area contributed by atoms with Gasteiger partial charge in [0.2, 0.25) is 0 Å². The van der Waals surface area contributed by atoms with Crippen LogP contribution in [0.15, 0.2) is 18.2 Å². The monoisotopic (exact) mass is 208 g/mol. The zero-order valence-corrected chi connectivity index (χ0v) is 8.33. The molecule has 4 heteroatoms. The Labute approximate surface area is 87.0 Å². The van der Waals surface area contributed by atoms with Gasteiger partial charge in [-0.1, -0.05) is 6.07 Å². The molecule has 1 aromatic heterocycles. The Morgan fingerprint density at radius 2 is 2.20 bits per heavy atom. The second-order valence-corrected chi connectivity index (χ2v) is 3.50. The maximum atomic E-state index is 13.3. The second-order valence-electron chi connectivity index (χ2n) is 3.50. The van der Waals surface area contributed by atoms with Crippen LogP contribution in [0.1, 0.15) is 18.7 Å². The van der Waals surface area contributed by atoms with Crippen molar-refractivity contribution in [3.63, 3.8) is 0 Å². The van der Waals surface area contributed by atoms with Crippen LogP contribution in [0.25, 0.3) is 11.0 Å². The number of benzene rings is 1. The molecule has 0 fully saturated rings. The lowest BCUT2D eigenvalue weighted by molar-refractivity contribution is 0.284. The molecular formula is C11H13FN2O. The summed E-state index contributed by atoms with van der Waals surface area (Å²) in [7, 11) is 0. The van der Waals surface area contributed by atoms with Crippen molar-refractivity contribution in [2.75, 3.05) is 6.61 Å². The van der Waals surface area contributed by atoms with Crippen molar-refractivity contribution in [1.29, 1.82) is 0 Å². The van der Waals surface area contributed by atoms with Crippen LogP contribution in [0.2, 0.25) is 0 Å². The highest BCUT2D eigenvalue weighted by Crippen LogP contribution is 2.15. The summed E-state index contributed by atoms with van der Waals surface area (Å²) in [6.45, 7) is 0.189. The summed E-state index contributed by atoms with van der Waals surface area (Å²) in [5.41, 5.74) is 1.13. The number of nitrogens with zero attached hydrogens (tertiary/aromatic N) is 1. The molecule has 1 aromatic carbocycles. The Morgan fingerprint density at radius 1 is 1.33 bits per heavy atom. The number of rotatable bonds is 4. The van der Waals surface area contributed by atoms with Crippen molar-refractivity contribution in [2.45, 2.75) is 19.3 Å². The lowest BCUT2D eigenvalue weighted by Gasteiger charge is -1.93. The molecule has 0 aliphatic heterocycles. The van der Waals surface area contributed by atoms with E-state index >= 15 is 0 Å². The van der Waals surface area contributed by atoms with Crippen molar-refractivity contribution in [3.8, 4) is 0 Å². The summed E-state index contributed by atoms with van der Waals surface area (Å²) in [6, 6.07) is 4.87. The highest BCUT2D eigenvalue weighted by Gasteiger charge is 2.05. The first-order chi connectivity index (χ1) is 7.31. The Hall–Kier alpha value is -1.42. The zero-order valence-electron chi connectivity index (χ0n) is 8.33. The third-order valence-corrected chi connectivity index (χ3v) is 2.33. The van der Waals surface area contributed by atoms with Gasteiger partial charge >= 0.3 is 0 Å². The molecule has 0 bridgehead atoms. The minimum atomic E-state index is -0.294. The second kappa shape index (κ2) is 4.40. The topological polar surface area (TPSA) is 48.9 Å². The highest BCUT2D eigenvalue weighted by atomic mass is 19.1. The number of halogens is 1. The molecule has 0 saturated heterocycles. The van der Waals surface area contributed by atoms with Crippen LogP contribution in [-0.2, 0) is 6.42 Å². The fourth-order valence-electron chi connectivity index (χ4n) is 1.57. The fourth-order valence-corrected chi connectivity index (χ4v) is 1.57. The summed E-state index contributed by atoms with van der Waals surface area (Å²) in [5.74, 6) is 0.487. The van der Waals surface area contributed by atoms with Crippen LogP contribution >= 0.6 is 0 Å². The van der Waals surface area contributed by atoms with Crippen LogP contribution in [0.3, 0.4) is 0 Å². The van der Waals surface area contributed by atoms with E-state index < -0.39 is 0 Å². The van der Waals surface area contributed by atoms with E-state index in [1.165, 1.54) is 6.07 Å². The van der Waals surface area contributed by atoms with Crippen LogP contribution in [-0.4, -0.2) is 21.7 Å². The quantitative estimate of drug-likeness (QED) is 0.755. The van der Waals surface area contributed by atoms with Crippen molar-refractivity contribution in [2.24, 2.45) is 0 Å². The summed E-state index contributed by atoms with van der Waals surface area (Å²) >= 11 is 0. The van der Waals surface area contributed by atoms with Crippen LogP contribution in [0, 0.1) is 5.82 Å². The average Bonchev–Trinajstić information content (AvgIpc) is 2.63. The number of aromatic nitrogens is 2. The van der Waals surface area contributed by atoms with Gasteiger partial charge in [0.05, 0.1) is 5.52 Å². The van der Waals surface area contributed by atoms with E-state index in [-0.39, 0.29) is 12.4 Å². The number of hydrogen-bond acceptors (Lipinski definition) is 2. The number of para-hydroxylation sites is 1. The molecule has 2 aromatic rings. The normalized spacial score (nSPS) is 11.1. The van der Waals surface area contributed by atoms with Crippen LogP contribution in [0.4, 0.5) is 4.39 Å². The molecule has 0 aliphatic carbocycles. The number of imidazole rings is 1. The molecule has 0 atom stereocenters. The largest absolute Gasteiger partial charge is 0.396 e. The number of fused-ring (bicyclic) bond motifs is 1. The van der Waals surface area contributed by atoms with E-state index in [1.54, 1.807) is 12.1 Å². The van der Waals surface area contributed by atoms with Crippen LogP contribution < -0.4 is 0 Å². The van der Waals surface area contributed by atoms with E-state index in [0.717, 1.165) is 30.6 Å². The molecule has 0 amide bonds. The van der Waals surface area contributed by atoms with Gasteiger partial charge in [0.1, 0.15) is 11.3 Å². The maximum absolute atomic E-state index is 13.3. The number of nitrogens with one attached hydrogen (secondary N) is 1. The molecule has 0 radical (unpaired) electrons. The van der Waals surface area contributed by atoms with Gasteiger partial charge in [-0.2, -0.15) is 0 Å². The van der Waals surface area contributed by atoms with Gasteiger partial charge in [-0.25, -0.2) is 9.37 Å². The zero-order chi connectivity index (χ0) is 10.7. The Balaban J connectivity index is 2.20. The molecular weight excluding hydrogens is 195 g/mol. The molecule has 2 N–H and O–H groups in total. The summed E-state index contributed by atoms with van der Waals surface area (Å²) < 4.78 is 13.3. The predicted octanol–water partition coefficient (Wildman–Crippen LogP) is 2.02. The minimum absolute atomic E-state index is 0.189. The number of aliphatic hydroxyl groups is 1. The van der Waals surface area contributed by atoms with Gasteiger partial charge < -0.3 is 10.1 Å². The van der Waals surface area contributed by atoms with Gasteiger partial charge in [-0.15, -0.1) is 0 Å². The smallest absolute Gasteiger partial charge is 0.151 e. The Bertz CT molecular complexity index is 453. The highest BCUT2D eigenvalue weighted by molar-refractivity contribution is 5.75. The number of aryl methyl sites for hydroxylation is 1. The van der Waals surface area contributed by atoms with E-state index in [9.17, 15) is 4.39 Å². The first-order valence-corrected chi connectivity index (χ1v) is 5.05. The average molecular weight is 208 g/mol. The Morgan fingerprint density at radius 3 is 2.93 bits per heavy atom.